The molecule has 0 spiro atoms. The van der Waals surface area contributed by atoms with Crippen molar-refractivity contribution in [2.24, 2.45) is 23.5 Å². The van der Waals surface area contributed by atoms with Gasteiger partial charge in [-0.15, -0.1) is 0 Å². The number of imidazole rings is 1. The van der Waals surface area contributed by atoms with Crippen LogP contribution in [0, 0.1) is 17.8 Å². The molecular formula is C56H85N11O21. The highest BCUT2D eigenvalue weighted by atomic mass is 16.5. The minimum absolute atomic E-state index is 0.0154. The SMILES string of the molecule is C[C@H](NC(=O)[C@H](CC(=O)O)CC(=O)COCCOCCN)C(=O)C[C@@H](Cc1cnc[nH]1)C(=O)N[C@@H](CO)C(=O)C[C@@H](Cc1ccccc1)C(=O)NC(CO)C(=O)NCCCC(C(=O)O)N1CCN(CC(=O)O)CCN(CC(=O)O)CCN(CC(=O)O)CC1. The van der Waals surface area contributed by atoms with E-state index in [1.54, 1.807) is 40.1 Å². The van der Waals surface area contributed by atoms with Crippen LogP contribution in [0.25, 0.3) is 0 Å². The number of aromatic amines is 1. The second-order valence-electron chi connectivity index (χ2n) is 21.2. The molecule has 7 atom stereocenters. The average Bonchev–Trinajstić information content (AvgIpc) is 4.17. The van der Waals surface area contributed by atoms with Gasteiger partial charge in [-0.25, -0.2) is 4.98 Å². The van der Waals surface area contributed by atoms with E-state index in [-0.39, 0.29) is 117 Å². The lowest BCUT2D eigenvalue weighted by Crippen LogP contribution is -2.52. The van der Waals surface area contributed by atoms with Crippen molar-refractivity contribution in [2.45, 2.75) is 82.5 Å². The third kappa shape index (κ3) is 29.3. The summed E-state index contributed by atoms with van der Waals surface area (Å²) in [5.74, 6) is -15.8. The van der Waals surface area contributed by atoms with Gasteiger partial charge in [-0.2, -0.15) is 0 Å². The number of benzene rings is 1. The Balaban J connectivity index is 1.72. The highest BCUT2D eigenvalue weighted by Crippen LogP contribution is 2.19. The first-order chi connectivity index (χ1) is 41.9. The van der Waals surface area contributed by atoms with Crippen molar-refractivity contribution < 1.29 is 103 Å². The molecule has 0 saturated carbocycles. The van der Waals surface area contributed by atoms with Crippen LogP contribution < -0.4 is 27.0 Å². The zero-order valence-corrected chi connectivity index (χ0v) is 49.3. The van der Waals surface area contributed by atoms with Gasteiger partial charge >= 0.3 is 29.8 Å². The van der Waals surface area contributed by atoms with Crippen LogP contribution in [-0.4, -0.2) is 285 Å². The third-order valence-corrected chi connectivity index (χ3v) is 14.3. The smallest absolute Gasteiger partial charge is 0.320 e. The molecule has 1 aliphatic heterocycles. The lowest BCUT2D eigenvalue weighted by molar-refractivity contribution is -0.145. The maximum absolute atomic E-state index is 14.1. The van der Waals surface area contributed by atoms with E-state index in [0.29, 0.717) is 11.3 Å². The molecule has 1 saturated heterocycles. The van der Waals surface area contributed by atoms with E-state index in [1.165, 1.54) is 29.2 Å². The summed E-state index contributed by atoms with van der Waals surface area (Å²) in [5.41, 5.74) is 6.31. The number of aliphatic hydroxyl groups is 2. The molecule has 3 rings (SSSR count). The minimum Gasteiger partial charge on any atom is -0.481 e. The van der Waals surface area contributed by atoms with Crippen molar-refractivity contribution >= 4 is 70.8 Å². The molecule has 490 valence electrons. The van der Waals surface area contributed by atoms with Crippen molar-refractivity contribution in [2.75, 3.05) is 125 Å². The number of hydrogen-bond donors (Lipinski definition) is 13. The lowest BCUT2D eigenvalue weighted by atomic mass is 9.90. The Morgan fingerprint density at radius 1 is 0.602 bits per heavy atom. The van der Waals surface area contributed by atoms with Crippen LogP contribution in [0.15, 0.2) is 42.9 Å². The van der Waals surface area contributed by atoms with Gasteiger partial charge in [-0.1, -0.05) is 30.3 Å². The third-order valence-electron chi connectivity index (χ3n) is 14.3. The molecule has 1 aromatic carbocycles. The van der Waals surface area contributed by atoms with Crippen molar-refractivity contribution in [1.82, 2.24) is 50.8 Å². The number of nitrogens with one attached hydrogen (secondary N) is 5. The summed E-state index contributed by atoms with van der Waals surface area (Å²) in [6, 6.07) is 2.60. The predicted octanol–water partition coefficient (Wildman–Crippen LogP) is -4.33. The van der Waals surface area contributed by atoms with Crippen LogP contribution in [0.4, 0.5) is 0 Å². The fourth-order valence-corrected chi connectivity index (χ4v) is 9.59. The molecule has 2 unspecified atom stereocenters. The van der Waals surface area contributed by atoms with Crippen LogP contribution in [0.2, 0.25) is 0 Å². The van der Waals surface area contributed by atoms with Gasteiger partial charge in [0.05, 0.1) is 83.3 Å². The first-order valence-corrected chi connectivity index (χ1v) is 28.8. The van der Waals surface area contributed by atoms with Crippen LogP contribution >= 0.6 is 0 Å². The van der Waals surface area contributed by atoms with Gasteiger partial charge in [-0.3, -0.25) is 77.1 Å². The van der Waals surface area contributed by atoms with E-state index < -0.39 is 171 Å². The number of ketones is 3. The maximum atomic E-state index is 14.1. The molecule has 2 heterocycles. The summed E-state index contributed by atoms with van der Waals surface area (Å²) in [7, 11) is 0. The number of nitrogens with two attached hydrogens (primary N) is 1. The van der Waals surface area contributed by atoms with E-state index in [0.717, 1.165) is 0 Å². The number of aromatic nitrogens is 2. The van der Waals surface area contributed by atoms with Crippen LogP contribution in [-0.2, 0) is 79.8 Å². The monoisotopic (exact) mass is 1250 g/mol. The van der Waals surface area contributed by atoms with Crippen molar-refractivity contribution in [3.8, 4) is 0 Å². The van der Waals surface area contributed by atoms with E-state index in [4.69, 9.17) is 15.2 Å². The fraction of sp³-hybridized carbons (Fsp3) is 0.625. The van der Waals surface area contributed by atoms with Gasteiger partial charge in [0, 0.05) is 109 Å². The normalized spacial score (nSPS) is 16.4. The lowest BCUT2D eigenvalue weighted by Gasteiger charge is -2.35. The zero-order valence-electron chi connectivity index (χ0n) is 49.3. The van der Waals surface area contributed by atoms with Crippen LogP contribution in [0.1, 0.15) is 56.7 Å². The molecular weight excluding hydrogens is 1160 g/mol. The van der Waals surface area contributed by atoms with Crippen molar-refractivity contribution in [1.29, 1.82) is 0 Å². The summed E-state index contributed by atoms with van der Waals surface area (Å²) in [6.45, 7) is -1.09. The number of H-pyrrole nitrogens is 1. The molecule has 88 heavy (non-hydrogen) atoms. The Morgan fingerprint density at radius 3 is 1.64 bits per heavy atom. The van der Waals surface area contributed by atoms with Gasteiger partial charge in [0.25, 0.3) is 0 Å². The summed E-state index contributed by atoms with van der Waals surface area (Å²) in [5, 5.41) is 79.4. The number of rotatable bonds is 42. The van der Waals surface area contributed by atoms with Gasteiger partial charge in [-0.05, 0) is 31.7 Å². The Morgan fingerprint density at radius 2 is 1.12 bits per heavy atom. The highest BCUT2D eigenvalue weighted by Gasteiger charge is 2.35. The Hall–Kier alpha value is -7.69. The van der Waals surface area contributed by atoms with Crippen molar-refractivity contribution in [3.63, 3.8) is 0 Å². The first kappa shape index (κ1) is 74.6. The number of ether oxygens (including phenoxy) is 2. The topological polar surface area (TPSA) is 481 Å². The molecule has 1 fully saturated rings. The molecule has 32 heteroatoms. The number of carboxylic acids is 5. The first-order valence-electron chi connectivity index (χ1n) is 28.8. The quantitative estimate of drug-likeness (QED) is 0.0280. The Kier molecular flexibility index (Phi) is 34.5. The molecule has 14 N–H and O–H groups in total. The molecule has 1 aliphatic rings. The predicted molar refractivity (Wildman–Crippen MR) is 308 cm³/mol. The number of aliphatic carboxylic acids is 5. The molecule has 0 aliphatic carbocycles. The fourth-order valence-electron chi connectivity index (χ4n) is 9.59. The van der Waals surface area contributed by atoms with Crippen LogP contribution in [0.5, 0.6) is 0 Å². The number of nitrogens with zero attached hydrogens (tertiary/aromatic N) is 5. The summed E-state index contributed by atoms with van der Waals surface area (Å²) < 4.78 is 10.4. The summed E-state index contributed by atoms with van der Waals surface area (Å²) >= 11 is 0. The number of carbonyl (C=O) groups is 12. The standard InChI is InChI=1S/C56H85N11O21/c1-36(61-52(81)40(27-48(73)74)24-42(70)34-88-21-20-87-19-9-57)46(71)25-39(23-41-28-58-35-60-41)54(83)62-43(32-68)47(72)26-38(22-37-6-3-2-4-7-37)53(82)63-44(33-69)55(84)59-10-5-8-45(56(85)86)67-17-15-65(30-50(77)78)13-11-64(29-49(75)76)12-14-66(16-18-67)31-51(79)80/h2-4,6-7,28,35-36,38-40,43-45,68-69H,5,8-27,29-34,57H2,1H3,(H,58,60)(H,59,84)(H,61,81)(H,62,83)(H,63,82)(H,73,74)(H,75,76)(H,77,78)(H,79,80)(H,85,86)/t36-,38+,39+,40-,43-,44?,45?/m0/s1. The second-order valence-corrected chi connectivity index (χ2v) is 21.2. The van der Waals surface area contributed by atoms with Gasteiger partial charge < -0.3 is 77.2 Å². The largest absolute Gasteiger partial charge is 0.481 e. The highest BCUT2D eigenvalue weighted by molar-refractivity contribution is 5.97. The van der Waals surface area contributed by atoms with Crippen molar-refractivity contribution in [3.05, 3.63) is 54.1 Å². The van der Waals surface area contributed by atoms with E-state index in [1.807, 2.05) is 0 Å². The molecule has 2 aromatic rings. The Labute approximate surface area is 507 Å². The Bertz CT molecular complexity index is 2550. The van der Waals surface area contributed by atoms with Gasteiger partial charge in [0.2, 0.25) is 23.6 Å². The summed E-state index contributed by atoms with van der Waals surface area (Å²) in [4.78, 5) is 168. The molecule has 1 aromatic heterocycles. The van der Waals surface area contributed by atoms with E-state index in [9.17, 15) is 93.3 Å². The summed E-state index contributed by atoms with van der Waals surface area (Å²) in [6.07, 6.45) is -0.104. The second kappa shape index (κ2) is 40.7. The number of aliphatic hydroxyl groups excluding tert-OH is 2. The molecule has 0 bridgehead atoms. The zero-order chi connectivity index (χ0) is 65.1. The molecule has 0 radical (unpaired) electrons. The molecule has 32 nitrogen and oxygen atoms in total. The van der Waals surface area contributed by atoms with Crippen LogP contribution in [0.3, 0.4) is 0 Å². The maximum Gasteiger partial charge on any atom is 0.320 e. The minimum atomic E-state index is -1.65. The van der Waals surface area contributed by atoms with E-state index >= 15 is 0 Å². The molecule has 4 amide bonds. The number of carboxylic acid groups (broad SMARTS) is 5. The number of carbonyl (C=O) groups excluding carboxylic acids is 7. The average molecular weight is 1250 g/mol. The number of amides is 4. The van der Waals surface area contributed by atoms with Gasteiger partial charge in [0.15, 0.2) is 17.3 Å². The number of Topliss-reactive ketones (excluding diaryl/α,β-unsaturated/α-hetero) is 3. The van der Waals surface area contributed by atoms with Gasteiger partial charge in [0.1, 0.15) is 24.7 Å². The number of hydrogen-bond acceptors (Lipinski definition) is 22. The van der Waals surface area contributed by atoms with E-state index in [2.05, 4.69) is 31.2 Å².